The van der Waals surface area contributed by atoms with Gasteiger partial charge in [-0.1, -0.05) is 15.9 Å². The molecular weight excluding hydrogens is 165 g/mol. The number of hydrogen-bond acceptors (Lipinski definition) is 1. The number of alkyl halides is 2. The van der Waals surface area contributed by atoms with Crippen LogP contribution in [0.5, 0.6) is 0 Å². The molecule has 38 valence electrons. The molecular formula is C3H7BrClN. The molecule has 0 aromatic heterocycles. The maximum absolute atomic E-state index is 5.29. The van der Waals surface area contributed by atoms with E-state index < -0.39 is 0 Å². The van der Waals surface area contributed by atoms with E-state index in [4.69, 9.17) is 17.3 Å². The second kappa shape index (κ2) is 3.90. The molecule has 0 aliphatic heterocycles. The van der Waals surface area contributed by atoms with E-state index in [2.05, 4.69) is 15.9 Å². The summed E-state index contributed by atoms with van der Waals surface area (Å²) in [6, 6.07) is 0. The van der Waals surface area contributed by atoms with Crippen molar-refractivity contribution in [3.05, 3.63) is 0 Å². The highest BCUT2D eigenvalue weighted by Gasteiger charge is 1.89. The molecule has 0 saturated heterocycles. The Bertz CT molecular complexity index is 32.0. The van der Waals surface area contributed by atoms with Crippen molar-refractivity contribution in [3.8, 4) is 0 Å². The van der Waals surface area contributed by atoms with E-state index in [0.29, 0.717) is 5.88 Å². The second-order valence-electron chi connectivity index (χ2n) is 0.994. The van der Waals surface area contributed by atoms with Crippen molar-refractivity contribution >= 4 is 27.5 Å². The Morgan fingerprint density at radius 3 is 2.33 bits per heavy atom. The molecule has 0 saturated carbocycles. The van der Waals surface area contributed by atoms with Crippen molar-refractivity contribution < 1.29 is 0 Å². The summed E-state index contributed by atoms with van der Waals surface area (Å²) in [6.07, 6.45) is 0.835. The van der Waals surface area contributed by atoms with E-state index in [0.717, 1.165) is 6.42 Å². The summed E-state index contributed by atoms with van der Waals surface area (Å²) in [5.74, 6) is 0.631. The van der Waals surface area contributed by atoms with Gasteiger partial charge in [0.1, 0.15) is 0 Å². The highest BCUT2D eigenvalue weighted by Crippen LogP contribution is 1.96. The number of rotatable bonds is 2. The number of halogens is 2. The van der Waals surface area contributed by atoms with Gasteiger partial charge in [-0.15, -0.1) is 11.6 Å². The van der Waals surface area contributed by atoms with Gasteiger partial charge in [-0.3, -0.25) is 0 Å². The van der Waals surface area contributed by atoms with Crippen molar-refractivity contribution in [1.29, 1.82) is 0 Å². The predicted octanol–water partition coefficient (Wildman–Crippen LogP) is 1.29. The van der Waals surface area contributed by atoms with Crippen LogP contribution in [-0.2, 0) is 0 Å². The maximum atomic E-state index is 5.29. The van der Waals surface area contributed by atoms with Gasteiger partial charge in [0.05, 0.1) is 4.95 Å². The third kappa shape index (κ3) is 4.73. The lowest BCUT2D eigenvalue weighted by Crippen LogP contribution is -2.10. The van der Waals surface area contributed by atoms with Gasteiger partial charge in [-0.25, -0.2) is 0 Å². The fourth-order valence-corrected chi connectivity index (χ4v) is 0.832. The van der Waals surface area contributed by atoms with E-state index in [1.807, 2.05) is 0 Å². The first-order chi connectivity index (χ1) is 2.77. The summed E-state index contributed by atoms with van der Waals surface area (Å²) in [6.45, 7) is 0. The predicted molar refractivity (Wildman–Crippen MR) is 32.2 cm³/mol. The fraction of sp³-hybridized carbons (Fsp3) is 1.00. The van der Waals surface area contributed by atoms with E-state index in [9.17, 15) is 0 Å². The molecule has 0 rings (SSSR count). The second-order valence-corrected chi connectivity index (χ2v) is 2.55. The molecule has 0 amide bonds. The fourth-order valence-electron chi connectivity index (χ4n) is 0.104. The van der Waals surface area contributed by atoms with Crippen molar-refractivity contribution in [3.63, 3.8) is 0 Å². The Labute approximate surface area is 51.0 Å². The largest absolute Gasteiger partial charge is 0.319 e. The Morgan fingerprint density at radius 2 is 2.33 bits per heavy atom. The van der Waals surface area contributed by atoms with Crippen LogP contribution in [0, 0.1) is 0 Å². The average molecular weight is 172 g/mol. The number of nitrogens with two attached hydrogens (primary N) is 1. The SMILES string of the molecule is NC(Br)CCCl. The quantitative estimate of drug-likeness (QED) is 0.493. The maximum Gasteiger partial charge on any atom is 0.0617 e. The minimum absolute atomic E-state index is 0.0787. The monoisotopic (exact) mass is 171 g/mol. The molecule has 1 atom stereocenters. The third-order valence-electron chi connectivity index (χ3n) is 0.385. The minimum Gasteiger partial charge on any atom is -0.319 e. The molecule has 1 nitrogen and oxygen atoms in total. The van der Waals surface area contributed by atoms with E-state index in [1.165, 1.54) is 0 Å². The van der Waals surface area contributed by atoms with Crippen LogP contribution in [0.15, 0.2) is 0 Å². The van der Waals surface area contributed by atoms with Crippen LogP contribution in [0.3, 0.4) is 0 Å². The highest BCUT2D eigenvalue weighted by atomic mass is 79.9. The molecule has 1 unspecified atom stereocenters. The van der Waals surface area contributed by atoms with E-state index in [1.54, 1.807) is 0 Å². The van der Waals surface area contributed by atoms with Gasteiger partial charge in [0.25, 0.3) is 0 Å². The van der Waals surface area contributed by atoms with Gasteiger partial charge in [0.2, 0.25) is 0 Å². The molecule has 0 aliphatic rings. The Balaban J connectivity index is 2.63. The highest BCUT2D eigenvalue weighted by molar-refractivity contribution is 9.09. The minimum atomic E-state index is 0.0787. The van der Waals surface area contributed by atoms with E-state index >= 15 is 0 Å². The van der Waals surface area contributed by atoms with Gasteiger partial charge >= 0.3 is 0 Å². The first kappa shape index (κ1) is 6.73. The lowest BCUT2D eigenvalue weighted by atomic mass is 10.5. The summed E-state index contributed by atoms with van der Waals surface area (Å²) in [5.41, 5.74) is 5.24. The summed E-state index contributed by atoms with van der Waals surface area (Å²) >= 11 is 8.41. The summed E-state index contributed by atoms with van der Waals surface area (Å²) < 4.78 is 0. The van der Waals surface area contributed by atoms with Gasteiger partial charge in [0.15, 0.2) is 0 Å². The zero-order chi connectivity index (χ0) is 4.99. The Kier molecular flexibility index (Phi) is 4.38. The van der Waals surface area contributed by atoms with Gasteiger partial charge < -0.3 is 5.73 Å². The van der Waals surface area contributed by atoms with E-state index in [-0.39, 0.29) is 4.95 Å². The van der Waals surface area contributed by atoms with Gasteiger partial charge in [0, 0.05) is 5.88 Å². The zero-order valence-corrected chi connectivity index (χ0v) is 5.67. The van der Waals surface area contributed by atoms with Crippen LogP contribution in [0.2, 0.25) is 0 Å². The van der Waals surface area contributed by atoms with Crippen LogP contribution < -0.4 is 5.73 Å². The Morgan fingerprint density at radius 1 is 1.83 bits per heavy atom. The van der Waals surface area contributed by atoms with Crippen LogP contribution in [-0.4, -0.2) is 10.8 Å². The molecule has 0 spiro atoms. The summed E-state index contributed by atoms with van der Waals surface area (Å²) in [4.78, 5) is 0.0787. The molecule has 0 aliphatic carbocycles. The number of hydrogen-bond donors (Lipinski definition) is 1. The van der Waals surface area contributed by atoms with Crippen molar-refractivity contribution in [2.24, 2.45) is 5.73 Å². The lowest BCUT2D eigenvalue weighted by molar-refractivity contribution is 0.890. The van der Waals surface area contributed by atoms with Crippen LogP contribution >= 0.6 is 27.5 Å². The molecule has 6 heavy (non-hydrogen) atoms. The molecule has 2 N–H and O–H groups in total. The smallest absolute Gasteiger partial charge is 0.0617 e. The van der Waals surface area contributed by atoms with Gasteiger partial charge in [-0.05, 0) is 6.42 Å². The van der Waals surface area contributed by atoms with Crippen molar-refractivity contribution in [1.82, 2.24) is 0 Å². The topological polar surface area (TPSA) is 26.0 Å². The molecule has 0 aromatic rings. The first-order valence-electron chi connectivity index (χ1n) is 1.73. The normalized spacial score (nSPS) is 14.5. The summed E-state index contributed by atoms with van der Waals surface area (Å²) in [5, 5.41) is 0. The first-order valence-corrected chi connectivity index (χ1v) is 3.18. The summed E-state index contributed by atoms with van der Waals surface area (Å²) in [7, 11) is 0. The zero-order valence-electron chi connectivity index (χ0n) is 3.32. The van der Waals surface area contributed by atoms with Gasteiger partial charge in [-0.2, -0.15) is 0 Å². The molecule has 3 heteroatoms. The molecule has 0 bridgehead atoms. The van der Waals surface area contributed by atoms with Crippen LogP contribution in [0.4, 0.5) is 0 Å². The van der Waals surface area contributed by atoms with Crippen molar-refractivity contribution in [2.45, 2.75) is 11.4 Å². The average Bonchev–Trinajstić information content (AvgIpc) is 1.35. The molecule has 0 radical (unpaired) electrons. The van der Waals surface area contributed by atoms with Crippen molar-refractivity contribution in [2.75, 3.05) is 5.88 Å². The lowest BCUT2D eigenvalue weighted by Gasteiger charge is -1.93. The standard InChI is InChI=1S/C3H7BrClN/c4-3(6)1-2-5/h3H,1-2,6H2. The third-order valence-corrected chi connectivity index (χ3v) is 1.06. The van der Waals surface area contributed by atoms with Crippen LogP contribution in [0.25, 0.3) is 0 Å². The molecule has 0 aromatic carbocycles. The molecule has 0 heterocycles. The molecule has 0 fully saturated rings. The van der Waals surface area contributed by atoms with Crippen LogP contribution in [0.1, 0.15) is 6.42 Å². The Hall–Kier alpha value is 0.730.